The lowest BCUT2D eigenvalue weighted by atomic mass is 10.1. The number of aryl methyl sites for hydroxylation is 1. The Bertz CT molecular complexity index is 359. The van der Waals surface area contributed by atoms with Gasteiger partial charge in [0, 0.05) is 0 Å². The number of ether oxygens (including phenoxy) is 1. The van der Waals surface area contributed by atoms with E-state index < -0.39 is 0 Å². The molecule has 0 aliphatic heterocycles. The van der Waals surface area contributed by atoms with Crippen LogP contribution in [0.15, 0.2) is 18.2 Å². The summed E-state index contributed by atoms with van der Waals surface area (Å²) in [5, 5.41) is 7.45. The van der Waals surface area contributed by atoms with Crippen molar-refractivity contribution in [3.8, 4) is 5.75 Å². The smallest absolute Gasteiger partial charge is 0.130 e. The fourth-order valence-electron chi connectivity index (χ4n) is 1.36. The average Bonchev–Trinajstić information content (AvgIpc) is 2.16. The van der Waals surface area contributed by atoms with Gasteiger partial charge in [-0.3, -0.25) is 5.41 Å². The lowest BCUT2D eigenvalue weighted by Gasteiger charge is -2.14. The summed E-state index contributed by atoms with van der Waals surface area (Å²) < 4.78 is 5.63. The summed E-state index contributed by atoms with van der Waals surface area (Å²) in [4.78, 5) is 0. The molecule has 0 radical (unpaired) electrons. The normalized spacial score (nSPS) is 10.4. The molecule has 1 aromatic rings. The molecule has 15 heavy (non-hydrogen) atoms. The molecular formula is C12H18N2O. The van der Waals surface area contributed by atoms with Crippen LogP contribution in [0.4, 0.5) is 0 Å². The van der Waals surface area contributed by atoms with E-state index in [2.05, 4.69) is 6.92 Å². The van der Waals surface area contributed by atoms with Crippen LogP contribution in [0, 0.1) is 5.41 Å². The second-order valence-electron chi connectivity index (χ2n) is 3.76. The minimum Gasteiger partial charge on any atom is -0.490 e. The predicted octanol–water partition coefficient (Wildman–Crippen LogP) is 2.32. The molecule has 3 nitrogen and oxygen atoms in total. The van der Waals surface area contributed by atoms with Crippen LogP contribution >= 0.6 is 0 Å². The Morgan fingerprint density at radius 3 is 2.60 bits per heavy atom. The van der Waals surface area contributed by atoms with Crippen LogP contribution in [-0.2, 0) is 6.42 Å². The van der Waals surface area contributed by atoms with Gasteiger partial charge in [-0.2, -0.15) is 0 Å². The first-order chi connectivity index (χ1) is 7.04. The molecule has 0 amide bonds. The lowest BCUT2D eigenvalue weighted by Crippen LogP contribution is -2.15. The monoisotopic (exact) mass is 206 g/mol. The third kappa shape index (κ3) is 2.98. The highest BCUT2D eigenvalue weighted by Gasteiger charge is 2.08. The molecule has 0 atom stereocenters. The molecule has 3 heteroatoms. The Morgan fingerprint density at radius 2 is 2.13 bits per heavy atom. The Kier molecular flexibility index (Phi) is 3.72. The van der Waals surface area contributed by atoms with Gasteiger partial charge >= 0.3 is 0 Å². The van der Waals surface area contributed by atoms with Crippen LogP contribution in [-0.4, -0.2) is 11.9 Å². The Balaban J connectivity index is 3.10. The standard InChI is InChI=1S/C12H18N2O/c1-4-9-5-6-10(12(13)14)11(7-9)15-8(2)3/h5-8H,4H2,1-3H3,(H3,13,14). The first-order valence-electron chi connectivity index (χ1n) is 5.18. The molecule has 0 aromatic heterocycles. The van der Waals surface area contributed by atoms with Gasteiger partial charge in [0.1, 0.15) is 11.6 Å². The van der Waals surface area contributed by atoms with E-state index in [4.69, 9.17) is 15.9 Å². The molecule has 1 rings (SSSR count). The molecule has 0 aliphatic carbocycles. The summed E-state index contributed by atoms with van der Waals surface area (Å²) in [5.41, 5.74) is 7.34. The summed E-state index contributed by atoms with van der Waals surface area (Å²) in [6.45, 7) is 6.01. The Morgan fingerprint density at radius 1 is 1.47 bits per heavy atom. The molecule has 0 bridgehead atoms. The van der Waals surface area contributed by atoms with Crippen LogP contribution in [0.2, 0.25) is 0 Å². The molecule has 1 aromatic carbocycles. The fraction of sp³-hybridized carbons (Fsp3) is 0.417. The van der Waals surface area contributed by atoms with Crippen LogP contribution in [0.25, 0.3) is 0 Å². The largest absolute Gasteiger partial charge is 0.490 e. The van der Waals surface area contributed by atoms with Gasteiger partial charge in [-0.15, -0.1) is 0 Å². The number of benzene rings is 1. The summed E-state index contributed by atoms with van der Waals surface area (Å²) >= 11 is 0. The highest BCUT2D eigenvalue weighted by Crippen LogP contribution is 2.21. The molecule has 0 heterocycles. The minimum absolute atomic E-state index is 0.0494. The third-order valence-electron chi connectivity index (χ3n) is 2.11. The Labute approximate surface area is 90.8 Å². The van der Waals surface area contributed by atoms with Gasteiger partial charge in [0.2, 0.25) is 0 Å². The maximum Gasteiger partial charge on any atom is 0.130 e. The summed E-state index contributed by atoms with van der Waals surface area (Å²) in [5.74, 6) is 0.755. The number of nitrogens with one attached hydrogen (secondary N) is 1. The number of amidine groups is 1. The van der Waals surface area contributed by atoms with E-state index >= 15 is 0 Å². The van der Waals surface area contributed by atoms with Gasteiger partial charge in [-0.1, -0.05) is 13.0 Å². The van der Waals surface area contributed by atoms with Gasteiger partial charge in [-0.25, -0.2) is 0 Å². The highest BCUT2D eigenvalue weighted by atomic mass is 16.5. The summed E-state index contributed by atoms with van der Waals surface area (Å²) in [6, 6.07) is 5.78. The fourth-order valence-corrected chi connectivity index (χ4v) is 1.36. The molecule has 0 spiro atoms. The molecule has 0 unspecified atom stereocenters. The Hall–Kier alpha value is -1.51. The molecular weight excluding hydrogens is 188 g/mol. The van der Waals surface area contributed by atoms with Crippen LogP contribution in [0.3, 0.4) is 0 Å². The molecule has 0 saturated carbocycles. The van der Waals surface area contributed by atoms with Crippen molar-refractivity contribution in [3.63, 3.8) is 0 Å². The quantitative estimate of drug-likeness (QED) is 0.586. The molecule has 0 saturated heterocycles. The number of hydrogen-bond donors (Lipinski definition) is 2. The average molecular weight is 206 g/mol. The van der Waals surface area contributed by atoms with Crippen molar-refractivity contribution in [2.45, 2.75) is 33.3 Å². The first-order valence-corrected chi connectivity index (χ1v) is 5.18. The van der Waals surface area contributed by atoms with Crippen molar-refractivity contribution in [2.75, 3.05) is 0 Å². The number of nitrogen functional groups attached to an aromatic ring is 1. The SMILES string of the molecule is CCc1ccc(C(=N)N)c(OC(C)C)c1. The zero-order valence-electron chi connectivity index (χ0n) is 9.50. The maximum absolute atomic E-state index is 7.45. The molecule has 0 fully saturated rings. The van der Waals surface area contributed by atoms with E-state index in [9.17, 15) is 0 Å². The van der Waals surface area contributed by atoms with Gasteiger partial charge in [-0.05, 0) is 38.0 Å². The molecule has 82 valence electrons. The first kappa shape index (κ1) is 11.6. The van der Waals surface area contributed by atoms with Crippen molar-refractivity contribution in [3.05, 3.63) is 29.3 Å². The minimum atomic E-state index is 0.0494. The van der Waals surface area contributed by atoms with Crippen LogP contribution in [0.5, 0.6) is 5.75 Å². The van der Waals surface area contributed by atoms with Crippen molar-refractivity contribution in [1.29, 1.82) is 5.41 Å². The van der Waals surface area contributed by atoms with Crippen molar-refractivity contribution in [1.82, 2.24) is 0 Å². The number of rotatable bonds is 4. The second-order valence-corrected chi connectivity index (χ2v) is 3.76. The van der Waals surface area contributed by atoms with E-state index in [1.807, 2.05) is 32.0 Å². The zero-order chi connectivity index (χ0) is 11.4. The zero-order valence-corrected chi connectivity index (χ0v) is 9.50. The lowest BCUT2D eigenvalue weighted by molar-refractivity contribution is 0.242. The summed E-state index contributed by atoms with van der Waals surface area (Å²) in [7, 11) is 0. The highest BCUT2D eigenvalue weighted by molar-refractivity contribution is 5.97. The van der Waals surface area contributed by atoms with E-state index in [-0.39, 0.29) is 11.9 Å². The van der Waals surface area contributed by atoms with Gasteiger partial charge in [0.05, 0.1) is 11.7 Å². The van der Waals surface area contributed by atoms with Crippen molar-refractivity contribution >= 4 is 5.84 Å². The molecule has 0 aliphatic rings. The summed E-state index contributed by atoms with van der Waals surface area (Å²) in [6.07, 6.45) is 1.04. The third-order valence-corrected chi connectivity index (χ3v) is 2.11. The van der Waals surface area contributed by atoms with Crippen molar-refractivity contribution < 1.29 is 4.74 Å². The van der Waals surface area contributed by atoms with E-state index in [1.54, 1.807) is 0 Å². The van der Waals surface area contributed by atoms with E-state index in [0.717, 1.165) is 6.42 Å². The topological polar surface area (TPSA) is 59.1 Å². The van der Waals surface area contributed by atoms with E-state index in [0.29, 0.717) is 11.3 Å². The predicted molar refractivity (Wildman–Crippen MR) is 62.6 cm³/mol. The molecule has 3 N–H and O–H groups in total. The number of nitrogens with two attached hydrogens (primary N) is 1. The van der Waals surface area contributed by atoms with Crippen molar-refractivity contribution in [2.24, 2.45) is 5.73 Å². The van der Waals surface area contributed by atoms with Gasteiger partial charge < -0.3 is 10.5 Å². The van der Waals surface area contributed by atoms with E-state index in [1.165, 1.54) is 5.56 Å². The van der Waals surface area contributed by atoms with Crippen LogP contribution in [0.1, 0.15) is 31.9 Å². The van der Waals surface area contributed by atoms with Gasteiger partial charge in [0.15, 0.2) is 0 Å². The van der Waals surface area contributed by atoms with Crippen LogP contribution < -0.4 is 10.5 Å². The maximum atomic E-state index is 7.45. The second kappa shape index (κ2) is 4.82. The number of hydrogen-bond acceptors (Lipinski definition) is 2. The van der Waals surface area contributed by atoms with Gasteiger partial charge in [0.25, 0.3) is 0 Å².